The van der Waals surface area contributed by atoms with Gasteiger partial charge in [-0.05, 0) is 0 Å². The van der Waals surface area contributed by atoms with Gasteiger partial charge in [-0.3, -0.25) is 0 Å². The molecule has 0 aromatic carbocycles. The Bertz CT molecular complexity index is 890. The van der Waals surface area contributed by atoms with Gasteiger partial charge in [0.05, 0.1) is 0 Å². The van der Waals surface area contributed by atoms with E-state index < -0.39 is 21.1 Å². The molecule has 0 bridgehead atoms. The van der Waals surface area contributed by atoms with Crippen molar-refractivity contribution < 1.29 is 72.3 Å². The SMILES string of the molecule is N#[C][Co-3]([C]#N)([C]#N)([C]#N)([C]#N)[C]#N.N#[C][Co-3]([C]#N)([C]#N)([C]#N)([C]#N)[C]#N.[Mn+2].[Mn+2].[Mn+2]. The minimum Gasteiger partial charge on any atom is 2.00 e. The van der Waals surface area contributed by atoms with E-state index in [2.05, 4.69) is 0 Å². The third kappa shape index (κ3) is 3.87. The molecule has 29 heavy (non-hydrogen) atoms. The van der Waals surface area contributed by atoms with Crippen LogP contribution in [-0.4, -0.2) is 0 Å². The summed E-state index contributed by atoms with van der Waals surface area (Å²) in [4.78, 5) is 0. The number of rotatable bonds is 0. The normalized spacial score (nSPS) is 12.0. The van der Waals surface area contributed by atoms with E-state index in [4.69, 9.17) is 63.1 Å². The maximum atomic E-state index is 8.58. The van der Waals surface area contributed by atoms with Gasteiger partial charge in [-0.2, -0.15) is 0 Å². The van der Waals surface area contributed by atoms with Crippen molar-refractivity contribution in [2.75, 3.05) is 0 Å². The molecule has 3 radical (unpaired) electrons. The fraction of sp³-hybridized carbons (Fsp3) is 0. The van der Waals surface area contributed by atoms with E-state index in [1.54, 1.807) is 0 Å². The zero-order valence-corrected chi connectivity index (χ0v) is 18.8. The van der Waals surface area contributed by atoms with Crippen molar-refractivity contribution in [1.82, 2.24) is 0 Å². The van der Waals surface area contributed by atoms with Gasteiger partial charge >= 0.3 is 195 Å². The van der Waals surface area contributed by atoms with Crippen LogP contribution in [0.25, 0.3) is 0 Å². The molecule has 147 valence electrons. The maximum absolute atomic E-state index is 8.58. The van der Waals surface area contributed by atoms with Crippen LogP contribution in [-0.2, 0) is 72.3 Å². The molecule has 0 atom stereocenters. The summed E-state index contributed by atoms with van der Waals surface area (Å²) in [6.07, 6.45) is 0. The first kappa shape index (κ1) is 36.4. The van der Waals surface area contributed by atoms with Crippen LogP contribution in [0, 0.1) is 123 Å². The van der Waals surface area contributed by atoms with Crippen molar-refractivity contribution in [2.45, 2.75) is 0 Å². The Kier molecular flexibility index (Phi) is 11.4. The first-order valence-corrected chi connectivity index (χ1v) is 10.9. The molecule has 0 aliphatic heterocycles. The Hall–Kier alpha value is -3.55. The van der Waals surface area contributed by atoms with Crippen LogP contribution in [0.1, 0.15) is 0 Å². The predicted octanol–water partition coefficient (Wildman–Crippen LogP) is 0.189. The zero-order chi connectivity index (χ0) is 21.3. The Labute approximate surface area is 194 Å². The molecule has 17 heteroatoms. The Morgan fingerprint density at radius 1 is 0.241 bits per heavy atom. The minimum absolute atomic E-state index is 0. The third-order valence-electron chi connectivity index (χ3n) is 2.24. The molecule has 0 unspecified atom stereocenters. The van der Waals surface area contributed by atoms with Crippen molar-refractivity contribution in [3.63, 3.8) is 0 Å². The second-order valence-electron chi connectivity index (χ2n) is 3.39. The zero-order valence-electron chi connectivity index (χ0n) is 13.2. The van der Waals surface area contributed by atoms with Crippen LogP contribution in [0.2, 0.25) is 0 Å². The monoisotopic (exact) mass is 595 g/mol. The van der Waals surface area contributed by atoms with Crippen LogP contribution in [0.15, 0.2) is 0 Å². The van der Waals surface area contributed by atoms with Crippen molar-refractivity contribution in [1.29, 1.82) is 63.1 Å². The van der Waals surface area contributed by atoms with Crippen molar-refractivity contribution in [2.24, 2.45) is 0 Å². The van der Waals surface area contributed by atoms with Gasteiger partial charge in [-0.25, -0.2) is 0 Å². The van der Waals surface area contributed by atoms with Crippen molar-refractivity contribution in [3.05, 3.63) is 0 Å². The minimum atomic E-state index is -6.03. The van der Waals surface area contributed by atoms with E-state index in [-0.39, 0.29) is 51.2 Å². The molecule has 0 aromatic rings. The second kappa shape index (κ2) is 9.10. The number of nitriles is 12. The largest absolute Gasteiger partial charge is 2.00 e. The smallest absolute Gasteiger partial charge is 2.00 e. The quantitative estimate of drug-likeness (QED) is 0.339. The molecule has 0 aliphatic rings. The predicted molar refractivity (Wildman–Crippen MR) is 67.4 cm³/mol. The number of nitrogens with zero attached hydrogens (tertiary/aromatic N) is 12. The second-order valence-corrected chi connectivity index (χ2v) is 14.0. The molecule has 0 saturated heterocycles. The average molecular weight is 595 g/mol. The first-order chi connectivity index (χ1) is 11.9. The molecule has 0 saturated carbocycles. The summed E-state index contributed by atoms with van der Waals surface area (Å²) in [5.74, 6) is 0. The van der Waals surface area contributed by atoms with Crippen LogP contribution in [0.4, 0.5) is 0 Å². The molecule has 12 nitrogen and oxygen atoms in total. The molecule has 0 rings (SSSR count). The Balaban J connectivity index is -0.000000120. The van der Waals surface area contributed by atoms with E-state index in [1.165, 1.54) is 0 Å². The average Bonchev–Trinajstić information content (AvgIpc) is 2.77. The summed E-state index contributed by atoms with van der Waals surface area (Å²) < 4.78 is 0. The van der Waals surface area contributed by atoms with E-state index >= 15 is 0 Å². The molecule has 0 spiro atoms. The summed E-state index contributed by atoms with van der Waals surface area (Å²) in [5.41, 5.74) is 0. The van der Waals surface area contributed by atoms with E-state index in [1.807, 2.05) is 0 Å². The molecular formula is C12Co2Mn3N12. The summed E-state index contributed by atoms with van der Waals surface area (Å²) in [6, 6.07) is 0. The van der Waals surface area contributed by atoms with Gasteiger partial charge in [0.1, 0.15) is 0 Å². The third-order valence-corrected chi connectivity index (χ3v) is 9.22. The molecule has 0 fully saturated rings. The Morgan fingerprint density at radius 3 is 0.310 bits per heavy atom. The molecule has 0 amide bonds. The van der Waals surface area contributed by atoms with E-state index in [0.717, 1.165) is 60.0 Å². The van der Waals surface area contributed by atoms with Crippen LogP contribution < -0.4 is 0 Å². The van der Waals surface area contributed by atoms with E-state index in [0.29, 0.717) is 0 Å². The van der Waals surface area contributed by atoms with Gasteiger partial charge in [0.15, 0.2) is 0 Å². The van der Waals surface area contributed by atoms with Gasteiger partial charge in [-0.1, -0.05) is 0 Å². The molecule has 0 aromatic heterocycles. The first-order valence-electron chi connectivity index (χ1n) is 4.68. The number of hydrogen-bond donors (Lipinski definition) is 0. The summed E-state index contributed by atoms with van der Waals surface area (Å²) >= 11 is 0. The fourth-order valence-corrected chi connectivity index (χ4v) is 2.06. The Morgan fingerprint density at radius 2 is 0.310 bits per heavy atom. The van der Waals surface area contributed by atoms with Gasteiger partial charge in [0, 0.05) is 0 Å². The van der Waals surface area contributed by atoms with Crippen LogP contribution >= 0.6 is 0 Å². The van der Waals surface area contributed by atoms with Crippen LogP contribution in [0.3, 0.4) is 0 Å². The van der Waals surface area contributed by atoms with Crippen LogP contribution in [0.5, 0.6) is 0 Å². The molecule has 0 N–H and O–H groups in total. The van der Waals surface area contributed by atoms with Gasteiger partial charge in [0.25, 0.3) is 0 Å². The van der Waals surface area contributed by atoms with Gasteiger partial charge in [-0.15, -0.1) is 0 Å². The summed E-state index contributed by atoms with van der Waals surface area (Å²) in [7, 11) is -12.1. The van der Waals surface area contributed by atoms with Crippen molar-refractivity contribution in [3.8, 4) is 60.0 Å². The number of hydrogen-bond acceptors (Lipinski definition) is 12. The fourth-order valence-electron chi connectivity index (χ4n) is 0.500. The molecule has 0 heterocycles. The van der Waals surface area contributed by atoms with Gasteiger partial charge < -0.3 is 0 Å². The summed E-state index contributed by atoms with van der Waals surface area (Å²) in [5, 5.41) is 115. The van der Waals surface area contributed by atoms with Crippen molar-refractivity contribution >= 4 is 0 Å². The van der Waals surface area contributed by atoms with E-state index in [9.17, 15) is 0 Å². The maximum Gasteiger partial charge on any atom is 2.00 e. The summed E-state index contributed by atoms with van der Waals surface area (Å²) in [6.45, 7) is 0. The molecular weight excluding hydrogens is 595 g/mol. The standard InChI is InChI=1S/12CN.2Co.3Mn/c12*1-2;;;;;/q;;;;;;;;;;;;2*-3;3*+2. The molecule has 0 aliphatic carbocycles. The topological polar surface area (TPSA) is 285 Å². The van der Waals surface area contributed by atoms with Gasteiger partial charge in [0.2, 0.25) is 0 Å².